The van der Waals surface area contributed by atoms with Gasteiger partial charge in [-0.2, -0.15) is 0 Å². The number of rotatable bonds is 7. The monoisotopic (exact) mass is 324 g/mol. The summed E-state index contributed by atoms with van der Waals surface area (Å²) < 4.78 is 5.98. The second kappa shape index (κ2) is 9.39. The molecule has 3 heteroatoms. The lowest BCUT2D eigenvalue weighted by molar-refractivity contribution is -0.0216. The van der Waals surface area contributed by atoms with E-state index in [9.17, 15) is 0 Å². The van der Waals surface area contributed by atoms with Crippen molar-refractivity contribution >= 4 is 0 Å². The molecule has 0 radical (unpaired) electrons. The third kappa shape index (κ3) is 6.72. The molecule has 2 rings (SSSR count). The zero-order valence-electron chi connectivity index (χ0n) is 16.3. The van der Waals surface area contributed by atoms with E-state index in [1.54, 1.807) is 0 Å². The van der Waals surface area contributed by atoms with Gasteiger partial charge in [-0.25, -0.2) is 0 Å². The van der Waals surface area contributed by atoms with Crippen molar-refractivity contribution in [1.82, 2.24) is 9.80 Å². The Morgan fingerprint density at radius 2 is 1.48 bits per heavy atom. The molecule has 0 aromatic heterocycles. The maximum atomic E-state index is 5.98. The van der Waals surface area contributed by atoms with E-state index in [1.165, 1.54) is 64.8 Å². The fraction of sp³-hybridized carbons (Fsp3) is 1.00. The van der Waals surface area contributed by atoms with E-state index in [2.05, 4.69) is 44.4 Å². The average molecular weight is 325 g/mol. The predicted octanol–water partition coefficient (Wildman–Crippen LogP) is 4.02. The Morgan fingerprint density at radius 1 is 0.870 bits per heavy atom. The molecule has 1 aliphatic heterocycles. The normalized spacial score (nSPS) is 29.3. The summed E-state index contributed by atoms with van der Waals surface area (Å²) in [5.74, 6) is 1.78. The van der Waals surface area contributed by atoms with Crippen molar-refractivity contribution in [2.45, 2.75) is 85.0 Å². The minimum Gasteiger partial charge on any atom is -0.376 e. The van der Waals surface area contributed by atoms with Crippen LogP contribution in [0.2, 0.25) is 0 Å². The highest BCUT2D eigenvalue weighted by Gasteiger charge is 2.25. The molecule has 1 heterocycles. The molecule has 0 aromatic rings. The molecule has 0 unspecified atom stereocenters. The van der Waals surface area contributed by atoms with Crippen molar-refractivity contribution in [3.05, 3.63) is 0 Å². The SMILES string of the molecule is CC(C)O[C@H]1CC[C@H](C[C@@H](C)CN2CCN(C(C)C)CC2)CC1. The average Bonchev–Trinajstić information content (AvgIpc) is 2.49. The Hall–Kier alpha value is -0.120. The van der Waals surface area contributed by atoms with Crippen LogP contribution >= 0.6 is 0 Å². The van der Waals surface area contributed by atoms with E-state index in [1.807, 2.05) is 0 Å². The summed E-state index contributed by atoms with van der Waals surface area (Å²) in [6.45, 7) is 17.7. The van der Waals surface area contributed by atoms with E-state index in [4.69, 9.17) is 4.74 Å². The van der Waals surface area contributed by atoms with Gasteiger partial charge in [0.15, 0.2) is 0 Å². The number of ether oxygens (including phenoxy) is 1. The van der Waals surface area contributed by atoms with E-state index < -0.39 is 0 Å². The van der Waals surface area contributed by atoms with Gasteiger partial charge in [-0.05, 0) is 71.6 Å². The lowest BCUT2D eigenvalue weighted by Crippen LogP contribution is -2.49. The summed E-state index contributed by atoms with van der Waals surface area (Å²) in [5, 5.41) is 0. The van der Waals surface area contributed by atoms with Gasteiger partial charge in [-0.1, -0.05) is 6.92 Å². The first-order valence-electron chi connectivity index (χ1n) is 10.1. The molecule has 3 nitrogen and oxygen atoms in total. The van der Waals surface area contributed by atoms with Gasteiger partial charge in [0.25, 0.3) is 0 Å². The molecule has 2 fully saturated rings. The van der Waals surface area contributed by atoms with Crippen LogP contribution in [0.3, 0.4) is 0 Å². The summed E-state index contributed by atoms with van der Waals surface area (Å²) in [7, 11) is 0. The highest BCUT2D eigenvalue weighted by Crippen LogP contribution is 2.31. The van der Waals surface area contributed by atoms with Gasteiger partial charge in [0.2, 0.25) is 0 Å². The standard InChI is InChI=1S/C20H40N2O/c1-16(2)22-12-10-21(11-13-22)15-18(5)14-19-6-8-20(9-7-19)23-17(3)4/h16-20H,6-15H2,1-5H3/t18-,19-,20-/m1/s1. The largest absolute Gasteiger partial charge is 0.376 e. The Balaban J connectivity index is 1.61. The van der Waals surface area contributed by atoms with Gasteiger partial charge in [-0.3, -0.25) is 4.90 Å². The molecule has 0 amide bonds. The molecule has 1 saturated heterocycles. The number of hydrogen-bond acceptors (Lipinski definition) is 3. The highest BCUT2D eigenvalue weighted by atomic mass is 16.5. The lowest BCUT2D eigenvalue weighted by Gasteiger charge is -2.38. The van der Waals surface area contributed by atoms with Gasteiger partial charge in [-0.15, -0.1) is 0 Å². The topological polar surface area (TPSA) is 15.7 Å². The van der Waals surface area contributed by atoms with Crippen LogP contribution in [0.15, 0.2) is 0 Å². The van der Waals surface area contributed by atoms with Gasteiger partial charge < -0.3 is 9.64 Å². The summed E-state index contributed by atoms with van der Waals surface area (Å²) in [6, 6.07) is 0.706. The van der Waals surface area contributed by atoms with E-state index in [0.29, 0.717) is 18.2 Å². The predicted molar refractivity (Wildman–Crippen MR) is 98.9 cm³/mol. The van der Waals surface area contributed by atoms with Crippen LogP contribution < -0.4 is 0 Å². The highest BCUT2D eigenvalue weighted by molar-refractivity contribution is 4.78. The maximum Gasteiger partial charge on any atom is 0.0578 e. The molecule has 2 aliphatic rings. The summed E-state index contributed by atoms with van der Waals surface area (Å²) in [4.78, 5) is 5.30. The molecule has 1 aliphatic carbocycles. The van der Waals surface area contributed by atoms with Gasteiger partial charge in [0.05, 0.1) is 12.2 Å². The minimum atomic E-state index is 0.389. The second-order valence-corrected chi connectivity index (χ2v) is 8.60. The van der Waals surface area contributed by atoms with E-state index in [0.717, 1.165) is 11.8 Å². The molecule has 0 N–H and O–H groups in total. The third-order valence-corrected chi connectivity index (χ3v) is 5.70. The van der Waals surface area contributed by atoms with Crippen LogP contribution in [0.25, 0.3) is 0 Å². The Bertz CT molecular complexity index is 316. The summed E-state index contributed by atoms with van der Waals surface area (Å²) in [5.41, 5.74) is 0. The van der Waals surface area contributed by atoms with Gasteiger partial charge in [0, 0.05) is 38.8 Å². The lowest BCUT2D eigenvalue weighted by atomic mass is 9.82. The summed E-state index contributed by atoms with van der Waals surface area (Å²) in [6.07, 6.45) is 7.65. The number of nitrogens with zero attached hydrogens (tertiary/aromatic N) is 2. The molecule has 23 heavy (non-hydrogen) atoms. The Labute approximate surface area is 144 Å². The number of hydrogen-bond donors (Lipinski definition) is 0. The van der Waals surface area contributed by atoms with Crippen LogP contribution in [0, 0.1) is 11.8 Å². The molecule has 136 valence electrons. The fourth-order valence-electron chi connectivity index (χ4n) is 4.44. The van der Waals surface area contributed by atoms with Gasteiger partial charge >= 0.3 is 0 Å². The molecule has 0 spiro atoms. The van der Waals surface area contributed by atoms with Crippen molar-refractivity contribution < 1.29 is 4.74 Å². The molecule has 1 saturated carbocycles. The van der Waals surface area contributed by atoms with Crippen LogP contribution in [0.4, 0.5) is 0 Å². The van der Waals surface area contributed by atoms with Crippen LogP contribution in [0.1, 0.15) is 66.7 Å². The zero-order valence-corrected chi connectivity index (χ0v) is 16.3. The first-order chi connectivity index (χ1) is 10.9. The fourth-order valence-corrected chi connectivity index (χ4v) is 4.44. The van der Waals surface area contributed by atoms with Crippen LogP contribution in [-0.2, 0) is 4.74 Å². The van der Waals surface area contributed by atoms with Crippen molar-refractivity contribution in [1.29, 1.82) is 0 Å². The molecular formula is C20H40N2O. The first-order valence-corrected chi connectivity index (χ1v) is 10.1. The molecule has 0 bridgehead atoms. The van der Waals surface area contributed by atoms with E-state index in [-0.39, 0.29) is 0 Å². The van der Waals surface area contributed by atoms with Crippen LogP contribution in [0.5, 0.6) is 0 Å². The van der Waals surface area contributed by atoms with Crippen molar-refractivity contribution in [3.8, 4) is 0 Å². The van der Waals surface area contributed by atoms with Crippen molar-refractivity contribution in [3.63, 3.8) is 0 Å². The van der Waals surface area contributed by atoms with E-state index >= 15 is 0 Å². The third-order valence-electron chi connectivity index (χ3n) is 5.70. The number of piperazine rings is 1. The van der Waals surface area contributed by atoms with Crippen molar-refractivity contribution in [2.75, 3.05) is 32.7 Å². The summed E-state index contributed by atoms with van der Waals surface area (Å²) >= 11 is 0. The van der Waals surface area contributed by atoms with Gasteiger partial charge in [0.1, 0.15) is 0 Å². The minimum absolute atomic E-state index is 0.389. The molecule has 1 atom stereocenters. The maximum absolute atomic E-state index is 5.98. The van der Waals surface area contributed by atoms with Crippen molar-refractivity contribution in [2.24, 2.45) is 11.8 Å². The smallest absolute Gasteiger partial charge is 0.0578 e. The van der Waals surface area contributed by atoms with Crippen LogP contribution in [-0.4, -0.2) is 60.8 Å². The molecule has 0 aromatic carbocycles. The Kier molecular flexibility index (Phi) is 7.84. The molecular weight excluding hydrogens is 284 g/mol. The second-order valence-electron chi connectivity index (χ2n) is 8.60. The Morgan fingerprint density at radius 3 is 2.00 bits per heavy atom. The first kappa shape index (κ1) is 19.2. The zero-order chi connectivity index (χ0) is 16.8. The quantitative estimate of drug-likeness (QED) is 0.703.